The van der Waals surface area contributed by atoms with Crippen molar-refractivity contribution in [2.75, 3.05) is 44.8 Å². The van der Waals surface area contributed by atoms with Crippen molar-refractivity contribution in [3.8, 4) is 41.1 Å². The van der Waals surface area contributed by atoms with Gasteiger partial charge in [0.15, 0.2) is 5.82 Å². The number of carbonyl (C=O) groups excluding carboxylic acids is 1. The van der Waals surface area contributed by atoms with Crippen molar-refractivity contribution in [3.63, 3.8) is 0 Å². The van der Waals surface area contributed by atoms with Gasteiger partial charge in [0.05, 0.1) is 30.1 Å². The van der Waals surface area contributed by atoms with Crippen LogP contribution >= 0.6 is 0 Å². The summed E-state index contributed by atoms with van der Waals surface area (Å²) in [5, 5.41) is 12.4. The lowest BCUT2D eigenvalue weighted by molar-refractivity contribution is 0.0732. The Labute approximate surface area is 312 Å². The fraction of sp³-hybridized carbons (Fsp3) is 0.381. The maximum absolute atomic E-state index is 17.1. The molecule has 2 atom stereocenters. The predicted octanol–water partition coefficient (Wildman–Crippen LogP) is 6.68. The largest absolute Gasteiger partial charge is 0.508 e. The molecule has 4 saturated heterocycles. The Hall–Kier alpha value is -5.67. The lowest BCUT2D eigenvalue weighted by atomic mass is 9.95. The van der Waals surface area contributed by atoms with Crippen LogP contribution in [-0.2, 0) is 11.3 Å². The molecule has 54 heavy (non-hydrogen) atoms. The molecule has 1 N–H and O–H groups in total. The van der Waals surface area contributed by atoms with Crippen LogP contribution in [0.25, 0.3) is 32.9 Å². The third-order valence-electron chi connectivity index (χ3n) is 11.8. The van der Waals surface area contributed by atoms with Crippen LogP contribution in [0.2, 0.25) is 0 Å². The van der Waals surface area contributed by atoms with Crippen LogP contribution in [0.5, 0.6) is 17.5 Å². The summed E-state index contributed by atoms with van der Waals surface area (Å²) >= 11 is 0. The molecule has 9 rings (SSSR count). The molecule has 12 heteroatoms. The van der Waals surface area contributed by atoms with Crippen molar-refractivity contribution < 1.29 is 28.5 Å². The molecule has 2 aromatic heterocycles. The van der Waals surface area contributed by atoms with E-state index in [9.17, 15) is 9.90 Å². The van der Waals surface area contributed by atoms with E-state index in [4.69, 9.17) is 30.6 Å². The molecule has 4 aliphatic heterocycles. The van der Waals surface area contributed by atoms with E-state index in [0.29, 0.717) is 52.8 Å². The average Bonchev–Trinajstić information content (AvgIpc) is 3.86. The highest BCUT2D eigenvalue weighted by atomic mass is 19.1. The van der Waals surface area contributed by atoms with Crippen LogP contribution in [0.3, 0.4) is 0 Å². The number of terminal acetylenes is 1. The Balaban J connectivity index is 1.06. The standard InChI is InChI=1S/C42H41FN6O5/c1-3-27-7-4-8-28-19-31(50)20-33(35(27)28)37-36(43)38-34(21-44-37)39(46-40(45-38)54-25-42-15-5-17-48(42)18-6-16-42)47-22-29-11-12-30(23-47)49(29)41(51)53-24-26-9-13-32(52-2)14-10-26/h1,4,7-10,13-14,19-21,29-30,50H,5-6,11-12,15-18,22-25H2,2H3. The van der Waals surface area contributed by atoms with Crippen molar-refractivity contribution in [1.29, 1.82) is 0 Å². The van der Waals surface area contributed by atoms with Crippen LogP contribution in [0.1, 0.15) is 49.7 Å². The second-order valence-electron chi connectivity index (χ2n) is 14.9. The number of benzene rings is 3. The maximum atomic E-state index is 17.1. The van der Waals surface area contributed by atoms with E-state index in [0.717, 1.165) is 62.9 Å². The van der Waals surface area contributed by atoms with E-state index in [1.807, 2.05) is 35.2 Å². The molecule has 3 aromatic carbocycles. The van der Waals surface area contributed by atoms with Gasteiger partial charge in [-0.25, -0.2) is 9.18 Å². The van der Waals surface area contributed by atoms with Gasteiger partial charge in [-0.15, -0.1) is 6.42 Å². The number of aromatic hydroxyl groups is 1. The number of anilines is 1. The first-order valence-electron chi connectivity index (χ1n) is 18.6. The van der Waals surface area contributed by atoms with Gasteiger partial charge in [0, 0.05) is 35.8 Å². The summed E-state index contributed by atoms with van der Waals surface area (Å²) in [4.78, 5) is 34.2. The fourth-order valence-electron chi connectivity index (χ4n) is 9.21. The second-order valence-corrected chi connectivity index (χ2v) is 14.9. The van der Waals surface area contributed by atoms with Crippen LogP contribution in [0, 0.1) is 18.2 Å². The molecule has 0 radical (unpaired) electrons. The number of methoxy groups -OCH3 is 1. The Morgan fingerprint density at radius 3 is 2.54 bits per heavy atom. The van der Waals surface area contributed by atoms with Crippen LogP contribution < -0.4 is 14.4 Å². The highest BCUT2D eigenvalue weighted by Crippen LogP contribution is 2.42. The van der Waals surface area contributed by atoms with Crippen molar-refractivity contribution in [3.05, 3.63) is 77.7 Å². The number of rotatable bonds is 8. The normalized spacial score (nSPS) is 20.3. The Morgan fingerprint density at radius 1 is 1.06 bits per heavy atom. The molecule has 5 aromatic rings. The smallest absolute Gasteiger partial charge is 0.410 e. The summed E-state index contributed by atoms with van der Waals surface area (Å²) < 4.78 is 34.6. The first-order chi connectivity index (χ1) is 26.3. The molecular weight excluding hydrogens is 687 g/mol. The zero-order valence-electron chi connectivity index (χ0n) is 30.1. The summed E-state index contributed by atoms with van der Waals surface area (Å²) in [7, 11) is 1.61. The summed E-state index contributed by atoms with van der Waals surface area (Å²) in [5.41, 5.74) is 1.81. The highest BCUT2D eigenvalue weighted by molar-refractivity contribution is 6.02. The van der Waals surface area contributed by atoms with Gasteiger partial charge in [-0.2, -0.15) is 9.97 Å². The zero-order chi connectivity index (χ0) is 37.0. The van der Waals surface area contributed by atoms with Gasteiger partial charge in [-0.1, -0.05) is 30.2 Å². The van der Waals surface area contributed by atoms with Gasteiger partial charge in [0.25, 0.3) is 0 Å². The lowest BCUT2D eigenvalue weighted by Gasteiger charge is -2.41. The number of fused-ring (bicyclic) bond motifs is 5. The number of nitrogens with zero attached hydrogens (tertiary/aromatic N) is 6. The molecule has 0 aliphatic carbocycles. The van der Waals surface area contributed by atoms with E-state index < -0.39 is 5.82 Å². The van der Waals surface area contributed by atoms with Gasteiger partial charge in [-0.3, -0.25) is 14.8 Å². The topological polar surface area (TPSA) is 113 Å². The van der Waals surface area contributed by atoms with Gasteiger partial charge >= 0.3 is 12.1 Å². The number of carbonyl (C=O) groups is 1. The van der Waals surface area contributed by atoms with E-state index in [1.165, 1.54) is 6.07 Å². The maximum Gasteiger partial charge on any atom is 0.410 e. The Morgan fingerprint density at radius 2 is 1.81 bits per heavy atom. The quantitative estimate of drug-likeness (QED) is 0.174. The summed E-state index contributed by atoms with van der Waals surface area (Å²) in [6.07, 6.45) is 13.0. The van der Waals surface area contributed by atoms with Crippen molar-refractivity contribution >= 4 is 33.6 Å². The van der Waals surface area contributed by atoms with Gasteiger partial charge in [-0.05, 0) is 92.9 Å². The zero-order valence-corrected chi connectivity index (χ0v) is 30.1. The molecule has 0 spiro atoms. The number of piperazine rings is 1. The van der Waals surface area contributed by atoms with Crippen molar-refractivity contribution in [2.45, 2.75) is 62.8 Å². The number of hydrogen-bond acceptors (Lipinski definition) is 10. The minimum absolute atomic E-state index is 0.0162. The summed E-state index contributed by atoms with van der Waals surface area (Å²) in [5.74, 6) is 3.24. The molecule has 276 valence electrons. The monoisotopic (exact) mass is 728 g/mol. The van der Waals surface area contributed by atoms with Crippen LogP contribution in [-0.4, -0.2) is 93.5 Å². The number of phenolic OH excluding ortho intramolecular Hbond substituents is 1. The molecular formula is C42H41FN6O5. The number of halogens is 1. The van der Waals surface area contributed by atoms with E-state index in [-0.39, 0.29) is 53.3 Å². The molecule has 4 fully saturated rings. The number of ether oxygens (including phenoxy) is 3. The molecule has 11 nitrogen and oxygen atoms in total. The number of aromatic nitrogens is 3. The van der Waals surface area contributed by atoms with Gasteiger partial charge in [0.2, 0.25) is 0 Å². The molecule has 6 heterocycles. The number of pyridine rings is 1. The summed E-state index contributed by atoms with van der Waals surface area (Å²) in [6.45, 7) is 3.61. The van der Waals surface area contributed by atoms with E-state index in [1.54, 1.807) is 31.5 Å². The van der Waals surface area contributed by atoms with Crippen molar-refractivity contribution in [1.82, 2.24) is 24.8 Å². The Kier molecular flexibility index (Phi) is 8.61. The molecule has 4 aliphatic rings. The number of hydrogen-bond donors (Lipinski definition) is 1. The molecule has 2 unspecified atom stereocenters. The fourth-order valence-corrected chi connectivity index (χ4v) is 9.21. The predicted molar refractivity (Wildman–Crippen MR) is 202 cm³/mol. The molecule has 1 amide bonds. The SMILES string of the molecule is C#Cc1cccc2cc(O)cc(-c3ncc4c(N5CC6CCC(C5)N6C(=O)OCc5ccc(OC)cc5)nc(OCC56CCCN5CCC6)nc4c3F)c12. The molecule has 2 bridgehead atoms. The van der Waals surface area contributed by atoms with E-state index in [2.05, 4.69) is 20.7 Å². The van der Waals surface area contributed by atoms with Gasteiger partial charge in [0.1, 0.15) is 41.7 Å². The van der Waals surface area contributed by atoms with Gasteiger partial charge < -0.3 is 24.2 Å². The first kappa shape index (κ1) is 34.1. The van der Waals surface area contributed by atoms with Crippen molar-refractivity contribution in [2.24, 2.45) is 0 Å². The molecule has 0 saturated carbocycles. The average molecular weight is 729 g/mol. The van der Waals surface area contributed by atoms with Crippen LogP contribution in [0.4, 0.5) is 15.0 Å². The number of amides is 1. The highest BCUT2D eigenvalue weighted by Gasteiger charge is 2.46. The number of phenols is 1. The minimum atomic E-state index is -0.662. The minimum Gasteiger partial charge on any atom is -0.508 e. The summed E-state index contributed by atoms with van der Waals surface area (Å²) in [6, 6.07) is 15.8. The third-order valence-corrected chi connectivity index (χ3v) is 11.8. The second kappa shape index (κ2) is 13.6. The van der Waals surface area contributed by atoms with Crippen LogP contribution in [0.15, 0.2) is 60.8 Å². The Bertz CT molecular complexity index is 2290. The lowest BCUT2D eigenvalue weighted by Crippen LogP contribution is -2.56. The first-order valence-corrected chi connectivity index (χ1v) is 18.6. The third kappa shape index (κ3) is 5.87. The van der Waals surface area contributed by atoms with E-state index >= 15 is 4.39 Å².